The molecule has 1 saturated carbocycles. The van der Waals surface area contributed by atoms with Crippen LogP contribution in [0.5, 0.6) is 0 Å². The van der Waals surface area contributed by atoms with Crippen molar-refractivity contribution in [3.8, 4) is 0 Å². The zero-order valence-electron chi connectivity index (χ0n) is 27.5. The van der Waals surface area contributed by atoms with Crippen LogP contribution in [0.3, 0.4) is 0 Å². The molecule has 0 unspecified atom stereocenters. The Morgan fingerprint density at radius 2 is 1.76 bits per heavy atom. The first-order chi connectivity index (χ1) is 24.1. The van der Waals surface area contributed by atoms with Gasteiger partial charge in [0.25, 0.3) is 0 Å². The Morgan fingerprint density at radius 3 is 2.54 bits per heavy atom. The number of anilines is 3. The predicted molar refractivity (Wildman–Crippen MR) is 192 cm³/mol. The predicted octanol–water partition coefficient (Wildman–Crippen LogP) is 6.29. The smallest absolute Gasteiger partial charge is 0.322 e. The summed E-state index contributed by atoms with van der Waals surface area (Å²) in [6, 6.07) is 25.8. The molecule has 256 valence electrons. The first-order valence-electron chi connectivity index (χ1n) is 16.5. The molecule has 2 aliphatic rings. The van der Waals surface area contributed by atoms with Gasteiger partial charge in [0.1, 0.15) is 17.7 Å². The summed E-state index contributed by atoms with van der Waals surface area (Å²) < 4.78 is 42.0. The molecule has 5 aromatic rings. The molecule has 7 rings (SSSR count). The summed E-state index contributed by atoms with van der Waals surface area (Å²) in [7, 11) is -2.03. The Morgan fingerprint density at radius 1 is 0.960 bits per heavy atom. The average molecular weight is 693 g/mol. The van der Waals surface area contributed by atoms with Crippen LogP contribution in [-0.4, -0.2) is 54.0 Å². The van der Waals surface area contributed by atoms with E-state index in [9.17, 15) is 22.4 Å². The number of rotatable bonds is 6. The minimum absolute atomic E-state index is 0.0377. The lowest BCUT2D eigenvalue weighted by atomic mass is 10.00. The SMILES string of the molecule is CN1Cc2cc(ccc2S(=O)(=O)C2CC2)NC(=O)N(Cc2ccccc2)CCc2cccc(c2)[C@@H](Nc2ccc3c(N)ncc(F)c3c2)C1=O. The number of sulfone groups is 1. The normalized spacial score (nSPS) is 17.2. The van der Waals surface area contributed by atoms with Gasteiger partial charge in [-0.25, -0.2) is 22.6 Å². The van der Waals surface area contributed by atoms with Gasteiger partial charge in [-0.3, -0.25) is 4.79 Å². The Hall–Kier alpha value is -5.49. The molecule has 0 radical (unpaired) electrons. The first-order valence-corrected chi connectivity index (χ1v) is 18.0. The fourth-order valence-corrected chi connectivity index (χ4v) is 8.26. The summed E-state index contributed by atoms with van der Waals surface area (Å²) in [6.07, 6.45) is 2.73. The van der Waals surface area contributed by atoms with Crippen LogP contribution in [0.25, 0.3) is 10.8 Å². The molecular formula is C38H37FN6O4S. The van der Waals surface area contributed by atoms with E-state index < -0.39 is 26.9 Å². The molecule has 50 heavy (non-hydrogen) atoms. The number of fused-ring (bicyclic) bond motifs is 5. The maximum atomic E-state index is 14.8. The van der Waals surface area contributed by atoms with E-state index in [-0.39, 0.29) is 34.6 Å². The van der Waals surface area contributed by atoms with Crippen molar-refractivity contribution in [1.29, 1.82) is 0 Å². The number of carbonyl (C=O) groups excluding carboxylic acids is 2. The molecule has 2 heterocycles. The number of benzene rings is 4. The van der Waals surface area contributed by atoms with E-state index in [0.29, 0.717) is 60.2 Å². The van der Waals surface area contributed by atoms with Crippen molar-refractivity contribution in [3.05, 3.63) is 125 Å². The second kappa shape index (κ2) is 13.4. The van der Waals surface area contributed by atoms with Crippen molar-refractivity contribution in [2.75, 3.05) is 30.0 Å². The van der Waals surface area contributed by atoms with E-state index in [0.717, 1.165) is 17.3 Å². The van der Waals surface area contributed by atoms with Gasteiger partial charge >= 0.3 is 6.03 Å². The minimum Gasteiger partial charge on any atom is -0.383 e. The highest BCUT2D eigenvalue weighted by Gasteiger charge is 2.38. The Kier molecular flexibility index (Phi) is 8.87. The summed E-state index contributed by atoms with van der Waals surface area (Å²) in [5, 5.41) is 6.54. The lowest BCUT2D eigenvalue weighted by molar-refractivity contribution is -0.131. The van der Waals surface area contributed by atoms with E-state index >= 15 is 0 Å². The van der Waals surface area contributed by atoms with Gasteiger partial charge in [0.15, 0.2) is 9.84 Å². The number of halogens is 1. The molecule has 1 aliphatic heterocycles. The highest BCUT2D eigenvalue weighted by atomic mass is 32.2. The maximum absolute atomic E-state index is 14.8. The van der Waals surface area contributed by atoms with E-state index in [1.165, 1.54) is 11.0 Å². The van der Waals surface area contributed by atoms with E-state index in [4.69, 9.17) is 5.73 Å². The molecule has 1 atom stereocenters. The fraction of sp³-hybridized carbons (Fsp3) is 0.237. The second-order valence-corrected chi connectivity index (χ2v) is 15.1. The summed E-state index contributed by atoms with van der Waals surface area (Å²) in [6.45, 7) is 0.692. The highest BCUT2D eigenvalue weighted by molar-refractivity contribution is 7.92. The van der Waals surface area contributed by atoms with Gasteiger partial charge in [0.2, 0.25) is 5.91 Å². The molecule has 3 amide bonds. The van der Waals surface area contributed by atoms with Crippen LogP contribution in [0.2, 0.25) is 0 Å². The topological polar surface area (TPSA) is 138 Å². The van der Waals surface area contributed by atoms with Crippen LogP contribution in [0.15, 0.2) is 102 Å². The van der Waals surface area contributed by atoms with Crippen LogP contribution >= 0.6 is 0 Å². The zero-order valence-corrected chi connectivity index (χ0v) is 28.3. The first kappa shape index (κ1) is 33.0. The molecule has 4 bridgehead atoms. The number of hydrogen-bond acceptors (Lipinski definition) is 7. The molecule has 10 nitrogen and oxygen atoms in total. The van der Waals surface area contributed by atoms with Gasteiger partial charge in [-0.2, -0.15) is 0 Å². The Balaban J connectivity index is 1.31. The molecule has 1 fully saturated rings. The van der Waals surface area contributed by atoms with Crippen molar-refractivity contribution in [2.24, 2.45) is 0 Å². The standard InChI is InChI=1S/C38H37FN6O4S/c1-44-23-27-19-28(11-15-34(27)50(48,49)30-12-13-30)43-38(47)45(22-25-6-3-2-4-7-25)17-16-24-8-5-9-26(18-24)35(37(44)46)42-29-10-14-31-32(20-29)33(39)21-41-36(31)40/h2-11,14-15,18-21,30,35,42H,12-13,16-17,22-23H2,1H3,(H2,40,41)(H,43,47)/t35-/m1/s1. The summed E-state index contributed by atoms with van der Waals surface area (Å²) in [5.74, 6) is -0.682. The van der Waals surface area contributed by atoms with Crippen molar-refractivity contribution in [1.82, 2.24) is 14.8 Å². The van der Waals surface area contributed by atoms with Crippen molar-refractivity contribution >= 4 is 49.7 Å². The average Bonchev–Trinajstić information content (AvgIpc) is 3.97. The monoisotopic (exact) mass is 692 g/mol. The van der Waals surface area contributed by atoms with Crippen molar-refractivity contribution < 1.29 is 22.4 Å². The van der Waals surface area contributed by atoms with E-state index in [2.05, 4.69) is 15.6 Å². The maximum Gasteiger partial charge on any atom is 0.322 e. The summed E-state index contributed by atoms with van der Waals surface area (Å²) in [4.78, 5) is 35.4. The number of amides is 3. The van der Waals surface area contributed by atoms with Gasteiger partial charge in [-0.1, -0.05) is 54.6 Å². The van der Waals surface area contributed by atoms with Gasteiger partial charge in [-0.05, 0) is 77.9 Å². The molecule has 1 aliphatic carbocycles. The van der Waals surface area contributed by atoms with Gasteiger partial charge < -0.3 is 26.2 Å². The van der Waals surface area contributed by atoms with Crippen LogP contribution in [-0.2, 0) is 34.1 Å². The lowest BCUT2D eigenvalue weighted by Crippen LogP contribution is -2.36. The Labute approximate surface area is 290 Å². The summed E-state index contributed by atoms with van der Waals surface area (Å²) >= 11 is 0. The zero-order chi connectivity index (χ0) is 35.0. The molecule has 1 aromatic heterocycles. The number of carbonyl (C=O) groups is 2. The largest absolute Gasteiger partial charge is 0.383 e. The van der Waals surface area contributed by atoms with Crippen LogP contribution in [0, 0.1) is 5.82 Å². The van der Waals surface area contributed by atoms with Crippen LogP contribution < -0.4 is 16.4 Å². The lowest BCUT2D eigenvalue weighted by Gasteiger charge is -2.27. The number of aromatic nitrogens is 1. The number of pyridine rings is 1. The second-order valence-electron chi connectivity index (χ2n) is 12.9. The number of nitrogens with one attached hydrogen (secondary N) is 2. The molecule has 4 aromatic carbocycles. The number of nitrogens with zero attached hydrogens (tertiary/aromatic N) is 3. The fourth-order valence-electron chi connectivity index (χ4n) is 6.40. The Bertz CT molecular complexity index is 2210. The third kappa shape index (κ3) is 6.84. The van der Waals surface area contributed by atoms with Crippen molar-refractivity contribution in [3.63, 3.8) is 0 Å². The van der Waals surface area contributed by atoms with Gasteiger partial charge in [-0.15, -0.1) is 0 Å². The number of likely N-dealkylation sites (N-methyl/N-ethyl adjacent to an activating group) is 1. The summed E-state index contributed by atoms with van der Waals surface area (Å²) in [5.41, 5.74) is 9.83. The molecule has 12 heteroatoms. The quantitative estimate of drug-likeness (QED) is 0.190. The minimum atomic E-state index is -3.64. The van der Waals surface area contributed by atoms with Gasteiger partial charge in [0, 0.05) is 48.8 Å². The molecule has 4 N–H and O–H groups in total. The van der Waals surface area contributed by atoms with Crippen LogP contribution in [0.1, 0.15) is 41.1 Å². The molecular weight excluding hydrogens is 656 g/mol. The van der Waals surface area contributed by atoms with E-state index in [1.807, 2.05) is 54.6 Å². The van der Waals surface area contributed by atoms with Gasteiger partial charge in [0.05, 0.1) is 16.3 Å². The highest BCUT2D eigenvalue weighted by Crippen LogP contribution is 2.37. The third-order valence-electron chi connectivity index (χ3n) is 9.25. The third-order valence-corrected chi connectivity index (χ3v) is 11.6. The number of nitrogen functional groups attached to an aromatic ring is 1. The van der Waals surface area contributed by atoms with Crippen molar-refractivity contribution in [2.45, 2.75) is 48.5 Å². The van der Waals surface area contributed by atoms with E-state index in [1.54, 1.807) is 42.3 Å². The number of hydrogen-bond donors (Lipinski definition) is 3. The molecule has 0 saturated heterocycles. The number of urea groups is 1. The molecule has 0 spiro atoms. The number of nitrogens with two attached hydrogens (primary N) is 1. The van der Waals surface area contributed by atoms with Crippen LogP contribution in [0.4, 0.5) is 26.4 Å².